The molecule has 108 valence electrons. The Hall–Kier alpha value is -1.82. The van der Waals surface area contributed by atoms with Crippen LogP contribution in [-0.4, -0.2) is 9.55 Å². The molecule has 6 heteroatoms. The summed E-state index contributed by atoms with van der Waals surface area (Å²) in [6.07, 6.45) is -0.798. The lowest BCUT2D eigenvalue weighted by Gasteiger charge is -2.16. The molecule has 0 bridgehead atoms. The van der Waals surface area contributed by atoms with Gasteiger partial charge in [0.05, 0.1) is 12.1 Å². The van der Waals surface area contributed by atoms with Crippen molar-refractivity contribution in [2.75, 3.05) is 0 Å². The minimum absolute atomic E-state index is 0.186. The zero-order valence-electron chi connectivity index (χ0n) is 11.3. The fourth-order valence-corrected chi connectivity index (χ4v) is 1.91. The second kappa shape index (κ2) is 5.66. The van der Waals surface area contributed by atoms with Gasteiger partial charge in [0, 0.05) is 25.5 Å². The largest absolute Gasteiger partial charge is 0.416 e. The number of aryl methyl sites for hydroxylation is 1. The van der Waals surface area contributed by atoms with Crippen LogP contribution in [0.25, 0.3) is 0 Å². The molecular weight excluding hydrogens is 267 g/mol. The van der Waals surface area contributed by atoms with E-state index in [1.165, 1.54) is 12.1 Å². The van der Waals surface area contributed by atoms with Crippen LogP contribution in [0.3, 0.4) is 0 Å². The van der Waals surface area contributed by atoms with Gasteiger partial charge in [-0.25, -0.2) is 4.98 Å². The van der Waals surface area contributed by atoms with Crippen LogP contribution in [0.1, 0.15) is 29.9 Å². The van der Waals surface area contributed by atoms with E-state index in [0.717, 1.165) is 11.9 Å². The highest BCUT2D eigenvalue weighted by atomic mass is 19.4. The van der Waals surface area contributed by atoms with Gasteiger partial charge in [-0.1, -0.05) is 12.1 Å². The quantitative estimate of drug-likeness (QED) is 0.933. The zero-order valence-corrected chi connectivity index (χ0v) is 11.3. The van der Waals surface area contributed by atoms with Crippen LogP contribution in [-0.2, 0) is 19.8 Å². The molecule has 1 atom stereocenters. The number of imidazole rings is 1. The van der Waals surface area contributed by atoms with E-state index in [2.05, 4.69) is 10.3 Å². The van der Waals surface area contributed by atoms with Crippen molar-refractivity contribution >= 4 is 0 Å². The fourth-order valence-electron chi connectivity index (χ4n) is 1.91. The fraction of sp³-hybridized carbons (Fsp3) is 0.357. The molecule has 0 aliphatic rings. The Balaban J connectivity index is 2.06. The van der Waals surface area contributed by atoms with E-state index in [-0.39, 0.29) is 6.04 Å². The molecule has 1 N–H and O–H groups in total. The van der Waals surface area contributed by atoms with Gasteiger partial charge in [0.1, 0.15) is 5.82 Å². The third kappa shape index (κ3) is 3.39. The van der Waals surface area contributed by atoms with Crippen LogP contribution in [0.4, 0.5) is 13.2 Å². The first-order valence-corrected chi connectivity index (χ1v) is 6.24. The standard InChI is InChI=1S/C14H16F3N3/c1-10(19-9-13-18-6-7-20(13)2)11-4-3-5-12(8-11)14(15,16)17/h3-8,10,19H,9H2,1-2H3. The molecule has 0 saturated heterocycles. The monoisotopic (exact) mass is 283 g/mol. The number of benzene rings is 1. The summed E-state index contributed by atoms with van der Waals surface area (Å²) in [5, 5.41) is 3.17. The average molecular weight is 283 g/mol. The van der Waals surface area contributed by atoms with Gasteiger partial charge in [0.25, 0.3) is 0 Å². The third-order valence-corrected chi connectivity index (χ3v) is 3.20. The van der Waals surface area contributed by atoms with Crippen molar-refractivity contribution in [1.29, 1.82) is 0 Å². The molecule has 0 aliphatic heterocycles. The second-order valence-electron chi connectivity index (χ2n) is 4.68. The molecule has 1 aromatic carbocycles. The number of alkyl halides is 3. The maximum atomic E-state index is 12.7. The molecule has 3 nitrogen and oxygen atoms in total. The molecule has 1 heterocycles. The minimum Gasteiger partial charge on any atom is -0.337 e. The van der Waals surface area contributed by atoms with Crippen molar-refractivity contribution in [3.63, 3.8) is 0 Å². The third-order valence-electron chi connectivity index (χ3n) is 3.20. The van der Waals surface area contributed by atoms with Gasteiger partial charge in [-0.15, -0.1) is 0 Å². The molecule has 1 unspecified atom stereocenters. The summed E-state index contributed by atoms with van der Waals surface area (Å²) in [5.74, 6) is 0.837. The summed E-state index contributed by atoms with van der Waals surface area (Å²) in [6, 6.07) is 5.18. The van der Waals surface area contributed by atoms with E-state index in [4.69, 9.17) is 0 Å². The molecule has 0 radical (unpaired) electrons. The first-order valence-electron chi connectivity index (χ1n) is 6.24. The zero-order chi connectivity index (χ0) is 14.8. The van der Waals surface area contributed by atoms with E-state index in [9.17, 15) is 13.2 Å². The SMILES string of the molecule is CC(NCc1nccn1C)c1cccc(C(F)(F)F)c1. The van der Waals surface area contributed by atoms with E-state index in [1.54, 1.807) is 12.3 Å². The normalized spacial score (nSPS) is 13.4. The summed E-state index contributed by atoms with van der Waals surface area (Å²) >= 11 is 0. The van der Waals surface area contributed by atoms with Crippen LogP contribution in [0.2, 0.25) is 0 Å². The topological polar surface area (TPSA) is 29.9 Å². The minimum atomic E-state index is -4.31. The predicted octanol–water partition coefficient (Wildman–Crippen LogP) is 3.29. The number of rotatable bonds is 4. The van der Waals surface area contributed by atoms with Gasteiger partial charge in [-0.2, -0.15) is 13.2 Å². The van der Waals surface area contributed by atoms with Crippen molar-refractivity contribution in [2.45, 2.75) is 25.7 Å². The molecule has 1 aromatic heterocycles. The first kappa shape index (κ1) is 14.6. The lowest BCUT2D eigenvalue weighted by Crippen LogP contribution is -2.20. The van der Waals surface area contributed by atoms with Crippen LogP contribution < -0.4 is 5.32 Å². The maximum Gasteiger partial charge on any atom is 0.416 e. The molecule has 2 rings (SSSR count). The molecule has 0 saturated carbocycles. The lowest BCUT2D eigenvalue weighted by atomic mass is 10.0. The Labute approximate surface area is 115 Å². The number of nitrogens with zero attached hydrogens (tertiary/aromatic N) is 2. The molecule has 20 heavy (non-hydrogen) atoms. The van der Waals surface area contributed by atoms with Crippen LogP contribution in [0.5, 0.6) is 0 Å². The molecular formula is C14H16F3N3. The number of halogens is 3. The van der Waals surface area contributed by atoms with Gasteiger partial charge in [0.15, 0.2) is 0 Å². The Kier molecular flexibility index (Phi) is 4.13. The number of hydrogen-bond donors (Lipinski definition) is 1. The molecule has 2 aromatic rings. The Bertz CT molecular complexity index is 575. The summed E-state index contributed by atoms with van der Waals surface area (Å²) in [7, 11) is 1.87. The summed E-state index contributed by atoms with van der Waals surface area (Å²) in [5.41, 5.74) is -0.0188. The van der Waals surface area contributed by atoms with E-state index in [0.29, 0.717) is 12.1 Å². The van der Waals surface area contributed by atoms with Gasteiger partial charge >= 0.3 is 6.18 Å². The van der Waals surface area contributed by atoms with Crippen LogP contribution in [0.15, 0.2) is 36.7 Å². The highest BCUT2D eigenvalue weighted by Crippen LogP contribution is 2.30. The highest BCUT2D eigenvalue weighted by molar-refractivity contribution is 5.27. The Morgan fingerprint density at radius 2 is 2.10 bits per heavy atom. The highest BCUT2D eigenvalue weighted by Gasteiger charge is 2.30. The van der Waals surface area contributed by atoms with Gasteiger partial charge in [-0.05, 0) is 24.6 Å². The summed E-state index contributed by atoms with van der Waals surface area (Å²) in [4.78, 5) is 4.16. The maximum absolute atomic E-state index is 12.7. The van der Waals surface area contributed by atoms with Crippen molar-refractivity contribution in [1.82, 2.24) is 14.9 Å². The Morgan fingerprint density at radius 3 is 2.70 bits per heavy atom. The van der Waals surface area contributed by atoms with Crippen molar-refractivity contribution in [3.8, 4) is 0 Å². The van der Waals surface area contributed by atoms with Crippen molar-refractivity contribution < 1.29 is 13.2 Å². The van der Waals surface area contributed by atoms with E-state index >= 15 is 0 Å². The predicted molar refractivity (Wildman–Crippen MR) is 69.9 cm³/mol. The van der Waals surface area contributed by atoms with E-state index in [1.807, 2.05) is 24.7 Å². The summed E-state index contributed by atoms with van der Waals surface area (Å²) in [6.45, 7) is 2.33. The van der Waals surface area contributed by atoms with Crippen molar-refractivity contribution in [3.05, 3.63) is 53.6 Å². The van der Waals surface area contributed by atoms with Gasteiger partial charge < -0.3 is 9.88 Å². The van der Waals surface area contributed by atoms with Gasteiger partial charge in [0.2, 0.25) is 0 Å². The number of hydrogen-bond acceptors (Lipinski definition) is 2. The smallest absolute Gasteiger partial charge is 0.337 e. The van der Waals surface area contributed by atoms with Crippen LogP contribution >= 0.6 is 0 Å². The lowest BCUT2D eigenvalue weighted by molar-refractivity contribution is -0.137. The van der Waals surface area contributed by atoms with Crippen molar-refractivity contribution in [2.24, 2.45) is 7.05 Å². The van der Waals surface area contributed by atoms with E-state index < -0.39 is 11.7 Å². The summed E-state index contributed by atoms with van der Waals surface area (Å²) < 4.78 is 39.8. The second-order valence-corrected chi connectivity index (χ2v) is 4.68. The first-order chi connectivity index (χ1) is 9.38. The molecule has 0 amide bonds. The number of aromatic nitrogens is 2. The Morgan fingerprint density at radius 1 is 1.35 bits per heavy atom. The molecule has 0 spiro atoms. The average Bonchev–Trinajstić information content (AvgIpc) is 2.81. The van der Waals surface area contributed by atoms with Gasteiger partial charge in [-0.3, -0.25) is 0 Å². The molecule has 0 fully saturated rings. The number of nitrogens with one attached hydrogen (secondary N) is 1. The van der Waals surface area contributed by atoms with Crippen LogP contribution in [0, 0.1) is 0 Å². The molecule has 0 aliphatic carbocycles.